The van der Waals surface area contributed by atoms with Crippen LogP contribution in [0.15, 0.2) is 41.0 Å². The maximum atomic E-state index is 12.3. The summed E-state index contributed by atoms with van der Waals surface area (Å²) in [6, 6.07) is 7.85. The van der Waals surface area contributed by atoms with Crippen LogP contribution in [0.3, 0.4) is 0 Å². The van der Waals surface area contributed by atoms with E-state index in [-0.39, 0.29) is 35.9 Å². The molecule has 0 aliphatic heterocycles. The molecule has 0 fully saturated rings. The largest absolute Gasteiger partial charge is 0.459 e. The van der Waals surface area contributed by atoms with Crippen molar-refractivity contribution in [3.8, 4) is 0 Å². The van der Waals surface area contributed by atoms with Gasteiger partial charge in [0.2, 0.25) is 5.91 Å². The quantitative estimate of drug-likeness (QED) is 0.601. The summed E-state index contributed by atoms with van der Waals surface area (Å²) in [7, 11) is 0. The van der Waals surface area contributed by atoms with Crippen molar-refractivity contribution in [2.75, 3.05) is 11.9 Å². The maximum absolute atomic E-state index is 12.3. The maximum Gasteiger partial charge on any atom is 0.286 e. The summed E-state index contributed by atoms with van der Waals surface area (Å²) in [5.41, 5.74) is 0.692. The highest BCUT2D eigenvalue weighted by Gasteiger charge is 2.15. The predicted octanol–water partition coefficient (Wildman–Crippen LogP) is 3.22. The highest BCUT2D eigenvalue weighted by molar-refractivity contribution is 6.31. The van der Waals surface area contributed by atoms with E-state index in [1.165, 1.54) is 12.3 Å². The van der Waals surface area contributed by atoms with Gasteiger partial charge in [0.1, 0.15) is 0 Å². The number of halogens is 1. The van der Waals surface area contributed by atoms with Crippen LogP contribution in [0.4, 0.5) is 5.69 Å². The van der Waals surface area contributed by atoms with Crippen molar-refractivity contribution < 1.29 is 18.8 Å². The van der Waals surface area contributed by atoms with Crippen molar-refractivity contribution in [2.45, 2.75) is 32.7 Å². The van der Waals surface area contributed by atoms with Crippen LogP contribution >= 0.6 is 11.6 Å². The smallest absolute Gasteiger partial charge is 0.286 e. The van der Waals surface area contributed by atoms with E-state index in [0.29, 0.717) is 29.2 Å². The number of benzene rings is 1. The van der Waals surface area contributed by atoms with Crippen molar-refractivity contribution in [3.05, 3.63) is 52.9 Å². The van der Waals surface area contributed by atoms with Gasteiger partial charge in [-0.1, -0.05) is 11.6 Å². The lowest BCUT2D eigenvalue weighted by molar-refractivity contribution is -0.116. The molecule has 1 aromatic carbocycles. The van der Waals surface area contributed by atoms with Gasteiger partial charge in [0.05, 0.1) is 17.5 Å². The lowest BCUT2D eigenvalue weighted by Crippen LogP contribution is -2.31. The third-order valence-corrected chi connectivity index (χ3v) is 3.77. The van der Waals surface area contributed by atoms with Gasteiger partial charge in [-0.25, -0.2) is 0 Å². The number of rotatable bonds is 8. The highest BCUT2D eigenvalue weighted by Crippen LogP contribution is 2.21. The van der Waals surface area contributed by atoms with Gasteiger partial charge >= 0.3 is 0 Å². The number of amides is 3. The number of nitrogens with one attached hydrogen (secondary N) is 3. The normalized spacial score (nSPS) is 10.5. The van der Waals surface area contributed by atoms with Gasteiger partial charge in [0.15, 0.2) is 5.76 Å². The molecule has 3 N–H and O–H groups in total. The number of anilines is 1. The summed E-state index contributed by atoms with van der Waals surface area (Å²) in [4.78, 5) is 36.2. The Hall–Kier alpha value is -2.80. The van der Waals surface area contributed by atoms with Crippen molar-refractivity contribution in [3.63, 3.8) is 0 Å². The Morgan fingerprint density at radius 3 is 2.59 bits per heavy atom. The molecule has 144 valence electrons. The monoisotopic (exact) mass is 391 g/mol. The Morgan fingerprint density at radius 2 is 1.93 bits per heavy atom. The second-order valence-electron chi connectivity index (χ2n) is 6.20. The molecule has 0 aliphatic carbocycles. The molecule has 1 aromatic heterocycles. The highest BCUT2D eigenvalue weighted by atomic mass is 35.5. The van der Waals surface area contributed by atoms with Crippen LogP contribution in [-0.2, 0) is 4.79 Å². The summed E-state index contributed by atoms with van der Waals surface area (Å²) in [6.45, 7) is 4.02. The first-order valence-corrected chi connectivity index (χ1v) is 8.96. The molecule has 27 heavy (non-hydrogen) atoms. The molecule has 0 radical (unpaired) electrons. The Labute approximate surface area is 162 Å². The molecule has 0 unspecified atom stereocenters. The van der Waals surface area contributed by atoms with Crippen molar-refractivity contribution >= 4 is 35.0 Å². The van der Waals surface area contributed by atoms with Crippen LogP contribution in [0.2, 0.25) is 5.02 Å². The van der Waals surface area contributed by atoms with Gasteiger partial charge < -0.3 is 20.4 Å². The van der Waals surface area contributed by atoms with E-state index in [0.717, 1.165) is 0 Å². The summed E-state index contributed by atoms with van der Waals surface area (Å²) in [5, 5.41) is 8.57. The fourth-order valence-electron chi connectivity index (χ4n) is 2.32. The van der Waals surface area contributed by atoms with Crippen molar-refractivity contribution in [1.82, 2.24) is 10.6 Å². The molecule has 7 nitrogen and oxygen atoms in total. The third kappa shape index (κ3) is 6.45. The predicted molar refractivity (Wildman–Crippen MR) is 103 cm³/mol. The molecular weight excluding hydrogens is 370 g/mol. The van der Waals surface area contributed by atoms with Gasteiger partial charge in [-0.3, -0.25) is 14.4 Å². The zero-order valence-corrected chi connectivity index (χ0v) is 15.9. The molecule has 0 spiro atoms. The van der Waals surface area contributed by atoms with Gasteiger partial charge in [0, 0.05) is 24.0 Å². The molecule has 0 saturated carbocycles. The molecule has 0 saturated heterocycles. The average Bonchev–Trinajstić information content (AvgIpc) is 3.12. The first-order chi connectivity index (χ1) is 12.9. The average molecular weight is 392 g/mol. The van der Waals surface area contributed by atoms with E-state index in [1.54, 1.807) is 24.3 Å². The summed E-state index contributed by atoms with van der Waals surface area (Å²) in [5.74, 6) is -0.673. The molecule has 8 heteroatoms. The number of hydrogen-bond acceptors (Lipinski definition) is 4. The van der Waals surface area contributed by atoms with Crippen molar-refractivity contribution in [1.29, 1.82) is 0 Å². The van der Waals surface area contributed by atoms with E-state index in [1.807, 2.05) is 13.8 Å². The number of hydrogen-bond donors (Lipinski definition) is 3. The Morgan fingerprint density at radius 1 is 1.15 bits per heavy atom. The summed E-state index contributed by atoms with van der Waals surface area (Å²) < 4.78 is 4.98. The van der Waals surface area contributed by atoms with E-state index in [9.17, 15) is 14.4 Å². The minimum absolute atomic E-state index is 0.0329. The standard InChI is InChI=1S/C19H22ClN3O4/c1-12(2)22-18(25)14-8-7-13(20)11-15(14)23-17(24)6-3-9-21-19(26)16-5-4-10-27-16/h4-5,7-8,10-12H,3,6,9H2,1-2H3,(H,21,26)(H,22,25)(H,23,24). The first kappa shape index (κ1) is 20.5. The molecule has 0 atom stereocenters. The van der Waals surface area contributed by atoms with Gasteiger partial charge in [-0.15, -0.1) is 0 Å². The number of carbonyl (C=O) groups excluding carboxylic acids is 3. The second kappa shape index (κ2) is 9.78. The van der Waals surface area contributed by atoms with Gasteiger partial charge in [-0.2, -0.15) is 0 Å². The first-order valence-electron chi connectivity index (χ1n) is 8.59. The number of furan rings is 1. The second-order valence-corrected chi connectivity index (χ2v) is 6.64. The van der Waals surface area contributed by atoms with E-state index in [4.69, 9.17) is 16.0 Å². The minimum atomic E-state index is -0.331. The molecular formula is C19H22ClN3O4. The lowest BCUT2D eigenvalue weighted by atomic mass is 10.1. The third-order valence-electron chi connectivity index (χ3n) is 3.53. The van der Waals surface area contributed by atoms with Crippen molar-refractivity contribution in [2.24, 2.45) is 0 Å². The summed E-state index contributed by atoms with van der Waals surface area (Å²) >= 11 is 5.98. The van der Waals surface area contributed by atoms with E-state index < -0.39 is 0 Å². The lowest BCUT2D eigenvalue weighted by Gasteiger charge is -2.13. The Kier molecular flexibility index (Phi) is 7.43. The van der Waals surface area contributed by atoms with Crippen LogP contribution in [0.5, 0.6) is 0 Å². The van der Waals surface area contributed by atoms with Crippen LogP contribution in [0, 0.1) is 0 Å². The molecule has 1 heterocycles. The molecule has 0 bridgehead atoms. The SMILES string of the molecule is CC(C)NC(=O)c1ccc(Cl)cc1NC(=O)CCCNC(=O)c1ccco1. The van der Waals surface area contributed by atoms with Crippen LogP contribution < -0.4 is 16.0 Å². The van der Waals surface area contributed by atoms with Gasteiger partial charge in [-0.05, 0) is 50.6 Å². The van der Waals surface area contributed by atoms with Crippen LogP contribution in [0.25, 0.3) is 0 Å². The molecule has 0 aliphatic rings. The zero-order chi connectivity index (χ0) is 19.8. The Bertz CT molecular complexity index is 803. The van der Waals surface area contributed by atoms with Crippen LogP contribution in [-0.4, -0.2) is 30.3 Å². The van der Waals surface area contributed by atoms with E-state index >= 15 is 0 Å². The minimum Gasteiger partial charge on any atom is -0.459 e. The zero-order valence-electron chi connectivity index (χ0n) is 15.2. The number of carbonyl (C=O) groups is 3. The Balaban J connectivity index is 1.86. The summed E-state index contributed by atoms with van der Waals surface area (Å²) in [6.07, 6.45) is 2.03. The van der Waals surface area contributed by atoms with Crippen LogP contribution in [0.1, 0.15) is 47.6 Å². The molecule has 2 rings (SSSR count). The fraction of sp³-hybridized carbons (Fsp3) is 0.316. The van der Waals surface area contributed by atoms with Gasteiger partial charge in [0.25, 0.3) is 11.8 Å². The molecule has 2 aromatic rings. The van der Waals surface area contributed by atoms with E-state index in [2.05, 4.69) is 16.0 Å². The topological polar surface area (TPSA) is 100 Å². The fourth-order valence-corrected chi connectivity index (χ4v) is 2.49. The molecule has 3 amide bonds.